The lowest BCUT2D eigenvalue weighted by molar-refractivity contribution is 0.257. The third-order valence-electron chi connectivity index (χ3n) is 2.63. The molecule has 0 radical (unpaired) electrons. The van der Waals surface area contributed by atoms with Gasteiger partial charge in [0.1, 0.15) is 5.82 Å². The molecule has 0 saturated heterocycles. The Kier molecular flexibility index (Phi) is 3.31. The van der Waals surface area contributed by atoms with Crippen LogP contribution in [0.2, 0.25) is 0 Å². The summed E-state index contributed by atoms with van der Waals surface area (Å²) in [5.41, 5.74) is 1.83. The summed E-state index contributed by atoms with van der Waals surface area (Å²) in [6, 6.07) is 5.76. The first-order valence-electron chi connectivity index (χ1n) is 5.42. The zero-order chi connectivity index (χ0) is 11.4. The maximum Gasteiger partial charge on any atom is 0.134 e. The van der Waals surface area contributed by atoms with E-state index in [4.69, 9.17) is 0 Å². The van der Waals surface area contributed by atoms with E-state index in [9.17, 15) is 5.11 Å². The second kappa shape index (κ2) is 4.90. The van der Waals surface area contributed by atoms with Crippen LogP contribution in [0.15, 0.2) is 30.6 Å². The summed E-state index contributed by atoms with van der Waals surface area (Å²) in [5, 5.41) is 9.21. The molecule has 1 atom stereocenters. The first kappa shape index (κ1) is 10.8. The molecule has 0 spiro atoms. The maximum absolute atomic E-state index is 9.21. The zero-order valence-electron chi connectivity index (χ0n) is 9.22. The minimum Gasteiger partial charge on any atom is -0.396 e. The number of H-pyrrole nitrogens is 1. The van der Waals surface area contributed by atoms with Gasteiger partial charge >= 0.3 is 0 Å². The van der Waals surface area contributed by atoms with Crippen molar-refractivity contribution in [3.05, 3.63) is 36.4 Å². The summed E-state index contributed by atoms with van der Waals surface area (Å²) >= 11 is 0. The molecule has 16 heavy (non-hydrogen) atoms. The van der Waals surface area contributed by atoms with Gasteiger partial charge in [-0.2, -0.15) is 0 Å². The quantitative estimate of drug-likeness (QED) is 0.822. The molecular formula is C12H15N3O. The molecule has 0 amide bonds. The highest BCUT2D eigenvalue weighted by Crippen LogP contribution is 2.18. The molecule has 2 heterocycles. The fraction of sp³-hybridized carbons (Fsp3) is 0.333. The average Bonchev–Trinajstić information content (AvgIpc) is 2.85. The molecular weight excluding hydrogens is 202 g/mol. The number of hydrogen-bond donors (Lipinski definition) is 2. The lowest BCUT2D eigenvalue weighted by atomic mass is 10.1. The van der Waals surface area contributed by atoms with Crippen molar-refractivity contribution in [2.45, 2.75) is 19.3 Å². The second-order valence-corrected chi connectivity index (χ2v) is 3.67. The van der Waals surface area contributed by atoms with E-state index in [0.717, 1.165) is 17.8 Å². The first-order valence-corrected chi connectivity index (χ1v) is 5.42. The predicted octanol–water partition coefficient (Wildman–Crippen LogP) is 1.96. The fourth-order valence-electron chi connectivity index (χ4n) is 1.60. The lowest BCUT2D eigenvalue weighted by Gasteiger charge is -2.10. The monoisotopic (exact) mass is 217 g/mol. The van der Waals surface area contributed by atoms with E-state index in [2.05, 4.69) is 15.0 Å². The van der Waals surface area contributed by atoms with Gasteiger partial charge in [0.05, 0.1) is 18.0 Å². The van der Waals surface area contributed by atoms with Crippen molar-refractivity contribution in [3.8, 4) is 11.4 Å². The van der Waals surface area contributed by atoms with E-state index in [0.29, 0.717) is 5.82 Å². The average molecular weight is 217 g/mol. The molecule has 2 aromatic rings. The van der Waals surface area contributed by atoms with Crippen LogP contribution in [0, 0.1) is 0 Å². The van der Waals surface area contributed by atoms with Gasteiger partial charge < -0.3 is 10.1 Å². The van der Waals surface area contributed by atoms with Crippen LogP contribution in [-0.4, -0.2) is 26.7 Å². The Labute approximate surface area is 94.4 Å². The minimum absolute atomic E-state index is 0.0231. The highest BCUT2D eigenvalue weighted by Gasteiger charge is 2.12. The Hall–Kier alpha value is -1.68. The maximum atomic E-state index is 9.21. The van der Waals surface area contributed by atoms with Gasteiger partial charge in [-0.15, -0.1) is 0 Å². The van der Waals surface area contributed by atoms with Crippen molar-refractivity contribution < 1.29 is 5.11 Å². The molecule has 2 aromatic heterocycles. The second-order valence-electron chi connectivity index (χ2n) is 3.67. The molecule has 0 aliphatic carbocycles. The Morgan fingerprint density at radius 3 is 2.94 bits per heavy atom. The van der Waals surface area contributed by atoms with E-state index in [1.165, 1.54) is 0 Å². The number of aromatic amines is 1. The molecule has 0 aliphatic rings. The van der Waals surface area contributed by atoms with E-state index in [-0.39, 0.29) is 12.5 Å². The van der Waals surface area contributed by atoms with Crippen LogP contribution in [0.1, 0.15) is 25.1 Å². The molecule has 2 N–H and O–H groups in total. The Bertz CT molecular complexity index is 435. The SMILES string of the molecule is CCC(CO)c1nccc(-c2ccc[nH]2)n1. The number of hydrogen-bond acceptors (Lipinski definition) is 3. The van der Waals surface area contributed by atoms with Crippen LogP contribution < -0.4 is 0 Å². The molecule has 4 nitrogen and oxygen atoms in total. The Morgan fingerprint density at radius 1 is 1.44 bits per heavy atom. The van der Waals surface area contributed by atoms with Crippen molar-refractivity contribution >= 4 is 0 Å². The van der Waals surface area contributed by atoms with E-state index < -0.39 is 0 Å². The fourth-order valence-corrected chi connectivity index (χ4v) is 1.60. The molecule has 0 aliphatic heterocycles. The largest absolute Gasteiger partial charge is 0.396 e. The molecule has 0 bridgehead atoms. The summed E-state index contributed by atoms with van der Waals surface area (Å²) in [6.45, 7) is 2.11. The zero-order valence-corrected chi connectivity index (χ0v) is 9.22. The number of rotatable bonds is 4. The number of aromatic nitrogens is 3. The Balaban J connectivity index is 2.33. The predicted molar refractivity (Wildman–Crippen MR) is 61.9 cm³/mol. The lowest BCUT2D eigenvalue weighted by Crippen LogP contribution is -2.08. The van der Waals surface area contributed by atoms with Crippen molar-refractivity contribution in [2.24, 2.45) is 0 Å². The third-order valence-corrected chi connectivity index (χ3v) is 2.63. The summed E-state index contributed by atoms with van der Waals surface area (Å²) < 4.78 is 0. The van der Waals surface area contributed by atoms with Gasteiger partial charge in [-0.1, -0.05) is 6.92 Å². The minimum atomic E-state index is 0.0231. The number of aliphatic hydroxyl groups is 1. The van der Waals surface area contributed by atoms with E-state index in [1.807, 2.05) is 31.3 Å². The van der Waals surface area contributed by atoms with Gasteiger partial charge in [-0.25, -0.2) is 9.97 Å². The van der Waals surface area contributed by atoms with Crippen LogP contribution in [-0.2, 0) is 0 Å². The molecule has 0 saturated carbocycles. The van der Waals surface area contributed by atoms with Gasteiger partial charge in [0.15, 0.2) is 0 Å². The number of aliphatic hydroxyl groups excluding tert-OH is 1. The molecule has 2 rings (SSSR count). The molecule has 4 heteroatoms. The van der Waals surface area contributed by atoms with Crippen LogP contribution in [0.3, 0.4) is 0 Å². The molecule has 0 aromatic carbocycles. The summed E-state index contributed by atoms with van der Waals surface area (Å²) in [5.74, 6) is 0.729. The van der Waals surface area contributed by atoms with Crippen molar-refractivity contribution in [2.75, 3.05) is 6.61 Å². The van der Waals surface area contributed by atoms with Gasteiger partial charge in [-0.05, 0) is 24.6 Å². The Morgan fingerprint density at radius 2 is 2.31 bits per heavy atom. The van der Waals surface area contributed by atoms with Gasteiger partial charge in [0.25, 0.3) is 0 Å². The van der Waals surface area contributed by atoms with Crippen LogP contribution in [0.4, 0.5) is 0 Å². The summed E-state index contributed by atoms with van der Waals surface area (Å²) in [4.78, 5) is 11.8. The summed E-state index contributed by atoms with van der Waals surface area (Å²) in [6.07, 6.45) is 4.43. The van der Waals surface area contributed by atoms with Gasteiger partial charge in [-0.3, -0.25) is 0 Å². The molecule has 1 unspecified atom stereocenters. The normalized spacial score (nSPS) is 12.6. The van der Waals surface area contributed by atoms with Crippen molar-refractivity contribution in [1.82, 2.24) is 15.0 Å². The molecule has 0 fully saturated rings. The summed E-state index contributed by atoms with van der Waals surface area (Å²) in [7, 11) is 0. The number of nitrogens with zero attached hydrogens (tertiary/aromatic N) is 2. The smallest absolute Gasteiger partial charge is 0.134 e. The topological polar surface area (TPSA) is 61.8 Å². The first-order chi connectivity index (χ1) is 7.85. The number of nitrogens with one attached hydrogen (secondary N) is 1. The van der Waals surface area contributed by atoms with Crippen LogP contribution in [0.25, 0.3) is 11.4 Å². The van der Waals surface area contributed by atoms with E-state index >= 15 is 0 Å². The highest BCUT2D eigenvalue weighted by molar-refractivity contribution is 5.53. The molecule has 84 valence electrons. The standard InChI is InChI=1S/C12H15N3O/c1-2-9(8-16)12-14-7-5-11(15-12)10-4-3-6-13-10/h3-7,9,13,16H,2,8H2,1H3. The highest BCUT2D eigenvalue weighted by atomic mass is 16.3. The van der Waals surface area contributed by atoms with E-state index in [1.54, 1.807) is 6.20 Å². The third kappa shape index (κ3) is 2.12. The van der Waals surface area contributed by atoms with Gasteiger partial charge in [0.2, 0.25) is 0 Å². The van der Waals surface area contributed by atoms with Gasteiger partial charge in [0, 0.05) is 18.3 Å². The van der Waals surface area contributed by atoms with Crippen molar-refractivity contribution in [3.63, 3.8) is 0 Å². The van der Waals surface area contributed by atoms with Crippen LogP contribution in [0.5, 0.6) is 0 Å². The van der Waals surface area contributed by atoms with Crippen molar-refractivity contribution in [1.29, 1.82) is 0 Å². The van der Waals surface area contributed by atoms with Crippen LogP contribution >= 0.6 is 0 Å².